The lowest BCUT2D eigenvalue weighted by Gasteiger charge is -2.25. The maximum absolute atomic E-state index is 12.3. The minimum absolute atomic E-state index is 0.402. The smallest absolute Gasteiger partial charge is 0.224 e. The van der Waals surface area contributed by atoms with Gasteiger partial charge in [0.15, 0.2) is 0 Å². The van der Waals surface area contributed by atoms with Crippen molar-refractivity contribution in [2.75, 3.05) is 13.1 Å². The SMILES string of the molecule is Cc1ccc(CN2CCC3C2CC(=O)N3CC2CC2)s1. The van der Waals surface area contributed by atoms with Crippen molar-refractivity contribution in [2.24, 2.45) is 5.92 Å². The van der Waals surface area contributed by atoms with Gasteiger partial charge < -0.3 is 4.90 Å². The van der Waals surface area contributed by atoms with E-state index in [-0.39, 0.29) is 0 Å². The summed E-state index contributed by atoms with van der Waals surface area (Å²) in [5.41, 5.74) is 0. The molecule has 1 aromatic heterocycles. The lowest BCUT2D eigenvalue weighted by molar-refractivity contribution is -0.129. The quantitative estimate of drug-likeness (QED) is 0.851. The molecule has 0 aromatic carbocycles. The first kappa shape index (κ1) is 12.8. The average Bonchev–Trinajstić information content (AvgIpc) is 2.91. The monoisotopic (exact) mass is 290 g/mol. The third-order valence-electron chi connectivity index (χ3n) is 5.04. The molecule has 20 heavy (non-hydrogen) atoms. The Labute approximate surface area is 124 Å². The van der Waals surface area contributed by atoms with E-state index in [1.165, 1.54) is 29.0 Å². The molecule has 0 spiro atoms. The minimum atomic E-state index is 0.402. The second-order valence-corrected chi connectivity index (χ2v) is 7.97. The van der Waals surface area contributed by atoms with Crippen LogP contribution in [0, 0.1) is 12.8 Å². The van der Waals surface area contributed by atoms with Gasteiger partial charge in [-0.2, -0.15) is 0 Å². The first-order valence-electron chi connectivity index (χ1n) is 7.79. The van der Waals surface area contributed by atoms with E-state index in [1.807, 2.05) is 11.3 Å². The molecule has 1 saturated carbocycles. The number of rotatable bonds is 4. The van der Waals surface area contributed by atoms with Crippen molar-refractivity contribution in [2.45, 2.75) is 51.2 Å². The zero-order valence-electron chi connectivity index (χ0n) is 12.0. The molecule has 2 atom stereocenters. The first-order chi connectivity index (χ1) is 9.70. The van der Waals surface area contributed by atoms with Crippen molar-refractivity contribution in [3.05, 3.63) is 21.9 Å². The van der Waals surface area contributed by atoms with E-state index in [4.69, 9.17) is 0 Å². The molecule has 2 unspecified atom stereocenters. The summed E-state index contributed by atoms with van der Waals surface area (Å²) in [6.45, 7) is 5.38. The van der Waals surface area contributed by atoms with E-state index >= 15 is 0 Å². The molecular weight excluding hydrogens is 268 g/mol. The molecule has 3 fully saturated rings. The van der Waals surface area contributed by atoms with Gasteiger partial charge in [0.05, 0.1) is 0 Å². The predicted octanol–water partition coefficient (Wildman–Crippen LogP) is 2.64. The molecule has 2 saturated heterocycles. The Morgan fingerprint density at radius 1 is 1.25 bits per heavy atom. The van der Waals surface area contributed by atoms with E-state index in [0.29, 0.717) is 18.0 Å². The third kappa shape index (κ3) is 2.29. The number of hydrogen-bond acceptors (Lipinski definition) is 3. The Kier molecular flexibility index (Phi) is 3.11. The van der Waals surface area contributed by atoms with Crippen LogP contribution >= 0.6 is 11.3 Å². The number of fused-ring (bicyclic) bond motifs is 1. The topological polar surface area (TPSA) is 23.6 Å². The lowest BCUT2D eigenvalue weighted by Crippen LogP contribution is -2.38. The third-order valence-corrected chi connectivity index (χ3v) is 6.02. The Bertz CT molecular complexity index is 522. The molecule has 3 nitrogen and oxygen atoms in total. The van der Waals surface area contributed by atoms with Crippen LogP contribution in [-0.4, -0.2) is 40.9 Å². The second kappa shape index (κ2) is 4.85. The number of aryl methyl sites for hydroxylation is 1. The molecule has 1 amide bonds. The number of nitrogens with zero attached hydrogens (tertiary/aromatic N) is 2. The minimum Gasteiger partial charge on any atom is -0.338 e. The first-order valence-corrected chi connectivity index (χ1v) is 8.61. The molecule has 0 N–H and O–H groups in total. The number of thiophene rings is 1. The van der Waals surface area contributed by atoms with Crippen molar-refractivity contribution in [1.29, 1.82) is 0 Å². The highest BCUT2D eigenvalue weighted by atomic mass is 32.1. The summed E-state index contributed by atoms with van der Waals surface area (Å²) in [4.78, 5) is 19.8. The molecule has 2 aliphatic heterocycles. The molecule has 1 aliphatic carbocycles. The molecule has 0 radical (unpaired) electrons. The number of amides is 1. The highest BCUT2D eigenvalue weighted by Crippen LogP contribution is 2.38. The summed E-state index contributed by atoms with van der Waals surface area (Å²) in [6.07, 6.45) is 4.59. The largest absolute Gasteiger partial charge is 0.338 e. The zero-order valence-corrected chi connectivity index (χ0v) is 12.9. The molecule has 0 bridgehead atoms. The van der Waals surface area contributed by atoms with Gasteiger partial charge in [0.2, 0.25) is 5.91 Å². The molecule has 4 heteroatoms. The molecule has 1 aromatic rings. The zero-order chi connectivity index (χ0) is 13.7. The summed E-state index contributed by atoms with van der Waals surface area (Å²) in [6, 6.07) is 5.42. The van der Waals surface area contributed by atoms with Crippen molar-refractivity contribution in [3.8, 4) is 0 Å². The van der Waals surface area contributed by atoms with Crippen molar-refractivity contribution in [1.82, 2.24) is 9.80 Å². The molecule has 4 rings (SSSR count). The average molecular weight is 290 g/mol. The fraction of sp³-hybridized carbons (Fsp3) is 0.688. The van der Waals surface area contributed by atoms with Crippen molar-refractivity contribution < 1.29 is 4.79 Å². The predicted molar refractivity (Wildman–Crippen MR) is 80.7 cm³/mol. The number of carbonyl (C=O) groups excluding carboxylic acids is 1. The van der Waals surface area contributed by atoms with Gasteiger partial charge in [0, 0.05) is 47.9 Å². The maximum atomic E-state index is 12.3. The normalized spacial score (nSPS) is 30.2. The van der Waals surface area contributed by atoms with Crippen LogP contribution in [0.1, 0.15) is 35.4 Å². The van der Waals surface area contributed by atoms with Crippen LogP contribution < -0.4 is 0 Å². The summed E-state index contributed by atoms with van der Waals surface area (Å²) >= 11 is 1.89. The Balaban J connectivity index is 1.45. The fourth-order valence-electron chi connectivity index (χ4n) is 3.79. The second-order valence-electron chi connectivity index (χ2n) is 6.60. The summed E-state index contributed by atoms with van der Waals surface area (Å²) in [5.74, 6) is 1.21. The van der Waals surface area contributed by atoms with Crippen LogP contribution in [0.15, 0.2) is 12.1 Å². The van der Waals surface area contributed by atoms with Gasteiger partial charge in [0.1, 0.15) is 0 Å². The van der Waals surface area contributed by atoms with E-state index in [1.54, 1.807) is 0 Å². The Morgan fingerprint density at radius 2 is 2.10 bits per heavy atom. The van der Waals surface area contributed by atoms with E-state index in [0.717, 1.165) is 32.0 Å². The van der Waals surface area contributed by atoms with Gasteiger partial charge >= 0.3 is 0 Å². The Hall–Kier alpha value is -0.870. The van der Waals surface area contributed by atoms with Crippen LogP contribution in [0.5, 0.6) is 0 Å². The molecule has 108 valence electrons. The molecule has 3 heterocycles. The fourth-order valence-corrected chi connectivity index (χ4v) is 4.71. The van der Waals surface area contributed by atoms with Gasteiger partial charge in [-0.05, 0) is 44.2 Å². The van der Waals surface area contributed by atoms with Gasteiger partial charge in [-0.1, -0.05) is 0 Å². The highest BCUT2D eigenvalue weighted by molar-refractivity contribution is 7.11. The summed E-state index contributed by atoms with van der Waals surface area (Å²) in [7, 11) is 0. The standard InChI is InChI=1S/C16H22N2OS/c1-11-2-5-13(20-11)10-17-7-6-14-15(17)8-16(19)18(14)9-12-3-4-12/h2,5,12,14-15H,3-4,6-10H2,1H3. The lowest BCUT2D eigenvalue weighted by atomic mass is 10.1. The number of carbonyl (C=O) groups is 1. The van der Waals surface area contributed by atoms with Crippen LogP contribution in [0.3, 0.4) is 0 Å². The number of hydrogen-bond donors (Lipinski definition) is 0. The van der Waals surface area contributed by atoms with Crippen molar-refractivity contribution in [3.63, 3.8) is 0 Å². The van der Waals surface area contributed by atoms with Gasteiger partial charge in [-0.3, -0.25) is 9.69 Å². The van der Waals surface area contributed by atoms with Crippen LogP contribution in [-0.2, 0) is 11.3 Å². The number of likely N-dealkylation sites (tertiary alicyclic amines) is 2. The molecular formula is C16H22N2OS. The Morgan fingerprint density at radius 3 is 2.80 bits per heavy atom. The maximum Gasteiger partial charge on any atom is 0.224 e. The van der Waals surface area contributed by atoms with Crippen LogP contribution in [0.4, 0.5) is 0 Å². The van der Waals surface area contributed by atoms with Gasteiger partial charge in [-0.25, -0.2) is 0 Å². The highest BCUT2D eigenvalue weighted by Gasteiger charge is 2.47. The van der Waals surface area contributed by atoms with E-state index in [2.05, 4.69) is 28.9 Å². The van der Waals surface area contributed by atoms with Crippen LogP contribution in [0.2, 0.25) is 0 Å². The van der Waals surface area contributed by atoms with Crippen LogP contribution in [0.25, 0.3) is 0 Å². The summed E-state index contributed by atoms with van der Waals surface area (Å²) in [5, 5.41) is 0. The summed E-state index contributed by atoms with van der Waals surface area (Å²) < 4.78 is 0. The molecule has 3 aliphatic rings. The van der Waals surface area contributed by atoms with Gasteiger partial charge in [-0.15, -0.1) is 11.3 Å². The van der Waals surface area contributed by atoms with Gasteiger partial charge in [0.25, 0.3) is 0 Å². The van der Waals surface area contributed by atoms with E-state index in [9.17, 15) is 4.79 Å². The van der Waals surface area contributed by atoms with E-state index < -0.39 is 0 Å². The van der Waals surface area contributed by atoms with Crippen molar-refractivity contribution >= 4 is 17.2 Å².